The number of carboxylic acid groups (broad SMARTS) is 1. The fourth-order valence-electron chi connectivity index (χ4n) is 4.50. The number of aliphatic carboxylic acids is 1. The van der Waals surface area contributed by atoms with Crippen molar-refractivity contribution >= 4 is 18.0 Å². The van der Waals surface area contributed by atoms with Gasteiger partial charge in [0.1, 0.15) is 12.6 Å². The number of ether oxygens (including phenoxy) is 1. The van der Waals surface area contributed by atoms with E-state index >= 15 is 0 Å². The van der Waals surface area contributed by atoms with Crippen molar-refractivity contribution in [2.45, 2.75) is 37.8 Å². The number of carbonyl (C=O) groups excluding carboxylic acids is 2. The van der Waals surface area contributed by atoms with Gasteiger partial charge in [0, 0.05) is 12.0 Å². The molecule has 0 fully saturated rings. The molecule has 1 unspecified atom stereocenters. The molecule has 2 amide bonds. The van der Waals surface area contributed by atoms with Crippen LogP contribution in [0.25, 0.3) is 11.1 Å². The highest BCUT2D eigenvalue weighted by Crippen LogP contribution is 2.44. The Balaban J connectivity index is 1.47. The van der Waals surface area contributed by atoms with Crippen LogP contribution in [0, 0.1) is 0 Å². The largest absolute Gasteiger partial charge is 0.481 e. The summed E-state index contributed by atoms with van der Waals surface area (Å²) >= 11 is 0. The topological polar surface area (TPSA) is 105 Å². The number of carbonyl (C=O) groups is 3. The molecule has 3 aromatic rings. The zero-order valence-corrected chi connectivity index (χ0v) is 19.4. The van der Waals surface area contributed by atoms with Crippen LogP contribution in [0.15, 0.2) is 78.9 Å². The molecule has 0 radical (unpaired) electrons. The van der Waals surface area contributed by atoms with Gasteiger partial charge in [0.15, 0.2) is 0 Å². The van der Waals surface area contributed by atoms with Gasteiger partial charge in [0.25, 0.3) is 0 Å². The summed E-state index contributed by atoms with van der Waals surface area (Å²) in [7, 11) is 0. The predicted molar refractivity (Wildman–Crippen MR) is 132 cm³/mol. The molecule has 1 aliphatic carbocycles. The Bertz CT molecular complexity index is 1170. The highest BCUT2D eigenvalue weighted by Gasteiger charge is 2.30. The number of hydrogen-bond donors (Lipinski definition) is 3. The number of alkyl carbamates (subject to hydrolysis) is 1. The van der Waals surface area contributed by atoms with Crippen LogP contribution in [-0.2, 0) is 14.3 Å². The Kier molecular flexibility index (Phi) is 7.45. The maximum Gasteiger partial charge on any atom is 0.408 e. The van der Waals surface area contributed by atoms with Crippen molar-refractivity contribution < 1.29 is 24.2 Å². The SMILES string of the molecule is CCC(CC(=O)O)NC(=O)[C@H](NC(=O)OCC1c2ccccc2-c2ccccc21)c1ccccc1. The number of fused-ring (bicyclic) bond motifs is 3. The predicted octanol–water partition coefficient (Wildman–Crippen LogP) is 4.64. The summed E-state index contributed by atoms with van der Waals surface area (Å²) in [5.74, 6) is -1.59. The van der Waals surface area contributed by atoms with Crippen molar-refractivity contribution in [3.8, 4) is 11.1 Å². The lowest BCUT2D eigenvalue weighted by Gasteiger charge is -2.23. The Morgan fingerprint density at radius 1 is 0.857 bits per heavy atom. The van der Waals surface area contributed by atoms with Crippen molar-refractivity contribution in [2.24, 2.45) is 0 Å². The summed E-state index contributed by atoms with van der Waals surface area (Å²) in [5, 5.41) is 14.5. The minimum atomic E-state index is -1.02. The number of amides is 2. The monoisotopic (exact) mass is 472 g/mol. The van der Waals surface area contributed by atoms with Crippen LogP contribution < -0.4 is 10.6 Å². The smallest absolute Gasteiger partial charge is 0.408 e. The average Bonchev–Trinajstić information content (AvgIpc) is 3.19. The summed E-state index contributed by atoms with van der Waals surface area (Å²) < 4.78 is 5.61. The van der Waals surface area contributed by atoms with Gasteiger partial charge < -0.3 is 20.5 Å². The first-order valence-corrected chi connectivity index (χ1v) is 11.7. The van der Waals surface area contributed by atoms with Crippen molar-refractivity contribution in [3.05, 3.63) is 95.6 Å². The molecule has 7 nitrogen and oxygen atoms in total. The molecule has 2 atom stereocenters. The zero-order chi connectivity index (χ0) is 24.8. The molecule has 3 N–H and O–H groups in total. The Labute approximate surface area is 204 Å². The van der Waals surface area contributed by atoms with E-state index in [1.807, 2.05) is 42.5 Å². The first-order chi connectivity index (χ1) is 17.0. The lowest BCUT2D eigenvalue weighted by atomic mass is 9.98. The summed E-state index contributed by atoms with van der Waals surface area (Å²) in [4.78, 5) is 37.0. The van der Waals surface area contributed by atoms with E-state index in [-0.39, 0.29) is 18.9 Å². The van der Waals surface area contributed by atoms with Gasteiger partial charge in [-0.1, -0.05) is 85.8 Å². The molecule has 0 aliphatic heterocycles. The maximum atomic E-state index is 13.0. The van der Waals surface area contributed by atoms with E-state index in [1.165, 1.54) is 0 Å². The van der Waals surface area contributed by atoms with Crippen LogP contribution in [0.5, 0.6) is 0 Å². The van der Waals surface area contributed by atoms with E-state index in [2.05, 4.69) is 22.8 Å². The van der Waals surface area contributed by atoms with Gasteiger partial charge >= 0.3 is 12.1 Å². The minimum absolute atomic E-state index is 0.0998. The van der Waals surface area contributed by atoms with E-state index in [0.29, 0.717) is 12.0 Å². The van der Waals surface area contributed by atoms with Gasteiger partial charge in [0.2, 0.25) is 5.91 Å². The van der Waals surface area contributed by atoms with Crippen LogP contribution in [0.4, 0.5) is 4.79 Å². The first kappa shape index (κ1) is 24.0. The average molecular weight is 473 g/mol. The molecule has 0 saturated heterocycles. The molecule has 0 saturated carbocycles. The third kappa shape index (κ3) is 5.51. The fourth-order valence-corrected chi connectivity index (χ4v) is 4.50. The highest BCUT2D eigenvalue weighted by molar-refractivity contribution is 5.87. The van der Waals surface area contributed by atoms with E-state index < -0.39 is 30.1 Å². The van der Waals surface area contributed by atoms with Gasteiger partial charge in [-0.3, -0.25) is 9.59 Å². The van der Waals surface area contributed by atoms with Crippen molar-refractivity contribution in [1.29, 1.82) is 0 Å². The van der Waals surface area contributed by atoms with Crippen molar-refractivity contribution in [1.82, 2.24) is 10.6 Å². The number of rotatable bonds is 9. The molecular formula is C28H28N2O5. The number of nitrogens with one attached hydrogen (secondary N) is 2. The fraction of sp³-hybridized carbons (Fsp3) is 0.250. The summed E-state index contributed by atoms with van der Waals surface area (Å²) in [6, 6.07) is 23.3. The lowest BCUT2D eigenvalue weighted by Crippen LogP contribution is -2.45. The van der Waals surface area contributed by atoms with E-state index in [4.69, 9.17) is 9.84 Å². The van der Waals surface area contributed by atoms with E-state index in [0.717, 1.165) is 22.3 Å². The van der Waals surface area contributed by atoms with Crippen molar-refractivity contribution in [2.75, 3.05) is 6.61 Å². The summed E-state index contributed by atoms with van der Waals surface area (Å²) in [6.45, 7) is 1.92. The van der Waals surface area contributed by atoms with Crippen LogP contribution >= 0.6 is 0 Å². The maximum absolute atomic E-state index is 13.0. The molecule has 0 bridgehead atoms. The second-order valence-corrected chi connectivity index (χ2v) is 8.53. The quantitative estimate of drug-likeness (QED) is 0.421. The number of carboxylic acids is 1. The van der Waals surface area contributed by atoms with Gasteiger partial charge in [0.05, 0.1) is 6.42 Å². The second kappa shape index (κ2) is 10.9. The van der Waals surface area contributed by atoms with Gasteiger partial charge in [-0.25, -0.2) is 4.79 Å². The Hall–Kier alpha value is -4.13. The molecule has 0 aromatic heterocycles. The highest BCUT2D eigenvalue weighted by atomic mass is 16.5. The van der Waals surface area contributed by atoms with E-state index in [9.17, 15) is 14.4 Å². The lowest BCUT2D eigenvalue weighted by molar-refractivity contribution is -0.137. The summed E-state index contributed by atoms with van der Waals surface area (Å²) in [6.07, 6.45) is -0.471. The Morgan fingerprint density at radius 2 is 1.43 bits per heavy atom. The molecule has 0 spiro atoms. The zero-order valence-electron chi connectivity index (χ0n) is 19.4. The van der Waals surface area contributed by atoms with Crippen LogP contribution in [-0.4, -0.2) is 35.7 Å². The Morgan fingerprint density at radius 3 is 2.00 bits per heavy atom. The third-order valence-electron chi connectivity index (χ3n) is 6.26. The summed E-state index contributed by atoms with van der Waals surface area (Å²) in [5.41, 5.74) is 5.02. The van der Waals surface area contributed by atoms with Gasteiger partial charge in [-0.15, -0.1) is 0 Å². The number of benzene rings is 3. The second-order valence-electron chi connectivity index (χ2n) is 8.53. The molecule has 35 heavy (non-hydrogen) atoms. The first-order valence-electron chi connectivity index (χ1n) is 11.7. The van der Waals surface area contributed by atoms with E-state index in [1.54, 1.807) is 31.2 Å². The molecule has 7 heteroatoms. The molecule has 0 heterocycles. The van der Waals surface area contributed by atoms with Gasteiger partial charge in [-0.05, 0) is 34.2 Å². The van der Waals surface area contributed by atoms with Crippen molar-refractivity contribution in [3.63, 3.8) is 0 Å². The molecule has 180 valence electrons. The normalized spacial score (nSPS) is 13.7. The molecular weight excluding hydrogens is 444 g/mol. The molecule has 3 aromatic carbocycles. The van der Waals surface area contributed by atoms with Gasteiger partial charge in [-0.2, -0.15) is 0 Å². The van der Waals surface area contributed by atoms with Crippen LogP contribution in [0.2, 0.25) is 0 Å². The van der Waals surface area contributed by atoms with Crippen LogP contribution in [0.1, 0.15) is 48.4 Å². The van der Waals surface area contributed by atoms with Crippen LogP contribution in [0.3, 0.4) is 0 Å². The minimum Gasteiger partial charge on any atom is -0.481 e. The molecule has 4 rings (SSSR count). The standard InChI is InChI=1S/C28H28N2O5/c1-2-19(16-25(31)32)29-27(33)26(18-10-4-3-5-11-18)30-28(34)35-17-24-22-14-8-6-12-20(22)21-13-7-9-15-23(21)24/h3-15,19,24,26H,2,16-17H2,1H3,(H,29,33)(H,30,34)(H,31,32)/t19?,26-/m1/s1. The third-order valence-corrected chi connectivity index (χ3v) is 6.26. The molecule has 1 aliphatic rings. The number of hydrogen-bond acceptors (Lipinski definition) is 4.